The second kappa shape index (κ2) is 11.8. The minimum atomic E-state index is -4.55. The van der Waals surface area contributed by atoms with Crippen molar-refractivity contribution in [2.75, 3.05) is 26.5 Å². The predicted molar refractivity (Wildman–Crippen MR) is 148 cm³/mol. The average Bonchev–Trinajstić information content (AvgIpc) is 3.48. The molecule has 2 aromatic heterocycles. The second-order valence-electron chi connectivity index (χ2n) is 9.72. The highest BCUT2D eigenvalue weighted by Gasteiger charge is 2.34. The zero-order valence-electron chi connectivity index (χ0n) is 22.1. The van der Waals surface area contributed by atoms with E-state index in [4.69, 9.17) is 25.5 Å². The maximum Gasteiger partial charge on any atom is 0.435 e. The van der Waals surface area contributed by atoms with E-state index < -0.39 is 22.0 Å². The molecule has 0 saturated carbocycles. The van der Waals surface area contributed by atoms with Gasteiger partial charge in [0.05, 0.1) is 24.1 Å². The van der Waals surface area contributed by atoms with E-state index in [1.165, 1.54) is 6.20 Å². The molecule has 10 nitrogen and oxygen atoms in total. The Hall–Kier alpha value is -2.85. The number of rotatable bonds is 7. The number of methoxy groups -OCH3 is 1. The smallest absolute Gasteiger partial charge is 0.435 e. The van der Waals surface area contributed by atoms with Crippen molar-refractivity contribution in [3.05, 3.63) is 62.5 Å². The molecule has 0 spiro atoms. The molecule has 222 valence electrons. The van der Waals surface area contributed by atoms with Crippen molar-refractivity contribution in [2.24, 2.45) is 0 Å². The number of nitrogens with one attached hydrogen (secondary N) is 2. The van der Waals surface area contributed by atoms with Crippen LogP contribution in [-0.4, -0.2) is 54.5 Å². The standard InChI is InChI=1S/C25H28ClF3N6O4S2/c1-38-19-3-4-20(39-41(2,36)37)17-13-31-23(30-12-16(17)19)18-14-40-24(32-18)15-5-7-34(8-6-15)9-10-35-22(26)11-21(33-35)25(27,28)29/h3-4,9-11,14-15,23,30-31H,5-8,12-13H2,1-2H3. The Kier molecular flexibility index (Phi) is 8.53. The first-order valence-electron chi connectivity index (χ1n) is 12.7. The predicted octanol–water partition coefficient (Wildman–Crippen LogP) is 4.56. The van der Waals surface area contributed by atoms with E-state index in [2.05, 4.69) is 15.7 Å². The highest BCUT2D eigenvalue weighted by atomic mass is 35.5. The highest BCUT2D eigenvalue weighted by Crippen LogP contribution is 2.36. The molecule has 0 aliphatic carbocycles. The van der Waals surface area contributed by atoms with Crippen molar-refractivity contribution in [2.45, 2.75) is 44.2 Å². The van der Waals surface area contributed by atoms with E-state index in [1.807, 2.05) is 10.3 Å². The first-order chi connectivity index (χ1) is 19.4. The van der Waals surface area contributed by atoms with Crippen molar-refractivity contribution in [1.82, 2.24) is 30.3 Å². The molecule has 4 heterocycles. The zero-order valence-corrected chi connectivity index (χ0v) is 24.5. The van der Waals surface area contributed by atoms with E-state index >= 15 is 0 Å². The lowest BCUT2D eigenvalue weighted by Crippen LogP contribution is -2.31. The molecule has 1 fully saturated rings. The lowest BCUT2D eigenvalue weighted by molar-refractivity contribution is -0.141. The van der Waals surface area contributed by atoms with Gasteiger partial charge in [0.15, 0.2) is 5.69 Å². The summed E-state index contributed by atoms with van der Waals surface area (Å²) in [6.07, 6.45) is 0.983. The van der Waals surface area contributed by atoms with Gasteiger partial charge in [0, 0.05) is 67.1 Å². The topological polar surface area (TPSA) is 111 Å². The van der Waals surface area contributed by atoms with Crippen molar-refractivity contribution in [3.8, 4) is 11.5 Å². The largest absolute Gasteiger partial charge is 0.496 e. The van der Waals surface area contributed by atoms with Crippen LogP contribution in [0.25, 0.3) is 6.20 Å². The van der Waals surface area contributed by atoms with Gasteiger partial charge in [-0.3, -0.25) is 10.6 Å². The van der Waals surface area contributed by atoms with Gasteiger partial charge in [0.1, 0.15) is 22.8 Å². The number of aromatic nitrogens is 3. The summed E-state index contributed by atoms with van der Waals surface area (Å²) in [4.78, 5) is 6.92. The van der Waals surface area contributed by atoms with Gasteiger partial charge in [0.2, 0.25) is 0 Å². The van der Waals surface area contributed by atoms with Gasteiger partial charge in [-0.15, -0.1) is 11.3 Å². The normalized spacial score (nSPS) is 18.9. The molecule has 1 unspecified atom stereocenters. The first-order valence-corrected chi connectivity index (χ1v) is 15.7. The molecular formula is C25H28ClF3N6O4S2. The molecule has 0 amide bonds. The van der Waals surface area contributed by atoms with Crippen molar-refractivity contribution < 1.29 is 30.5 Å². The molecule has 1 atom stereocenters. The summed E-state index contributed by atoms with van der Waals surface area (Å²) in [6, 6.07) is 4.08. The van der Waals surface area contributed by atoms with E-state index in [-0.39, 0.29) is 23.0 Å². The Bertz CT molecular complexity index is 1530. The molecule has 2 aliphatic heterocycles. The SMILES string of the molecule is COc1ccc(OS(C)(=O)=O)c2c1CNC(c1csc(C3CCN(C=Cn4nc(C(F)(F)F)cc4Cl)CC3)n1)NC2. The average molecular weight is 633 g/mol. The number of hydrogen-bond acceptors (Lipinski definition) is 10. The number of halogens is 4. The molecule has 0 radical (unpaired) electrons. The number of benzene rings is 1. The summed E-state index contributed by atoms with van der Waals surface area (Å²) in [5, 5.41) is 13.2. The number of fused-ring (bicyclic) bond motifs is 1. The summed E-state index contributed by atoms with van der Waals surface area (Å²) in [7, 11) is -2.14. The van der Waals surface area contributed by atoms with Crippen LogP contribution in [0.1, 0.15) is 52.4 Å². The van der Waals surface area contributed by atoms with Crippen LogP contribution in [0.3, 0.4) is 0 Å². The lowest BCUT2D eigenvalue weighted by Gasteiger charge is -2.30. The quantitative estimate of drug-likeness (QED) is 0.362. The molecule has 41 heavy (non-hydrogen) atoms. The van der Waals surface area contributed by atoms with Crippen LogP contribution in [0.5, 0.6) is 11.5 Å². The molecular weight excluding hydrogens is 605 g/mol. The second-order valence-corrected chi connectivity index (χ2v) is 12.6. The van der Waals surface area contributed by atoms with Crippen LogP contribution in [0.15, 0.2) is 29.8 Å². The molecule has 2 aliphatic rings. The maximum absolute atomic E-state index is 12.9. The number of nitrogens with zero attached hydrogens (tertiary/aromatic N) is 4. The number of piperidine rings is 1. The van der Waals surface area contributed by atoms with Crippen LogP contribution in [-0.2, 0) is 29.4 Å². The monoisotopic (exact) mass is 632 g/mol. The fourth-order valence-electron chi connectivity index (χ4n) is 4.85. The molecule has 1 aromatic carbocycles. The Balaban J connectivity index is 1.21. The van der Waals surface area contributed by atoms with Crippen molar-refractivity contribution in [3.63, 3.8) is 0 Å². The minimum Gasteiger partial charge on any atom is -0.496 e. The molecule has 2 N–H and O–H groups in total. The fourth-order valence-corrected chi connectivity index (χ4v) is 6.54. The number of alkyl halides is 3. The molecule has 16 heteroatoms. The van der Waals surface area contributed by atoms with E-state index in [9.17, 15) is 21.6 Å². The van der Waals surface area contributed by atoms with Crippen molar-refractivity contribution in [1.29, 1.82) is 0 Å². The first kappa shape index (κ1) is 29.6. The Morgan fingerprint density at radius 3 is 2.39 bits per heavy atom. The number of ether oxygens (including phenoxy) is 1. The number of likely N-dealkylation sites (tertiary alicyclic amines) is 1. The fraction of sp³-hybridized carbons (Fsp3) is 0.440. The van der Waals surface area contributed by atoms with Crippen LogP contribution in [0.2, 0.25) is 5.15 Å². The Labute approximate surface area is 244 Å². The van der Waals surface area contributed by atoms with E-state index in [1.54, 1.807) is 36.8 Å². The Morgan fingerprint density at radius 2 is 1.78 bits per heavy atom. The number of thiazole rings is 1. The summed E-state index contributed by atoms with van der Waals surface area (Å²) >= 11 is 7.48. The summed E-state index contributed by atoms with van der Waals surface area (Å²) < 4.78 is 73.9. The van der Waals surface area contributed by atoms with E-state index in [0.29, 0.717) is 37.5 Å². The van der Waals surface area contributed by atoms with Crippen LogP contribution < -0.4 is 19.6 Å². The zero-order chi connectivity index (χ0) is 29.4. The molecule has 0 bridgehead atoms. The lowest BCUT2D eigenvalue weighted by atomic mass is 9.98. The third kappa shape index (κ3) is 6.97. The van der Waals surface area contributed by atoms with Crippen molar-refractivity contribution >= 4 is 39.3 Å². The minimum absolute atomic E-state index is 0.111. The van der Waals surface area contributed by atoms with Gasteiger partial charge in [-0.25, -0.2) is 9.67 Å². The van der Waals surface area contributed by atoms with Gasteiger partial charge < -0.3 is 13.8 Å². The summed E-state index contributed by atoms with van der Waals surface area (Å²) in [5.41, 5.74) is 1.31. The highest BCUT2D eigenvalue weighted by molar-refractivity contribution is 7.86. The third-order valence-corrected chi connectivity index (χ3v) is 8.68. The van der Waals surface area contributed by atoms with Gasteiger partial charge >= 0.3 is 16.3 Å². The van der Waals surface area contributed by atoms with Gasteiger partial charge in [0.25, 0.3) is 0 Å². The van der Waals surface area contributed by atoms with Gasteiger partial charge in [-0.05, 0) is 25.0 Å². The molecule has 3 aromatic rings. The summed E-state index contributed by atoms with van der Waals surface area (Å²) in [6.45, 7) is 2.18. The third-order valence-electron chi connectivity index (χ3n) is 6.89. The van der Waals surface area contributed by atoms with Crippen LogP contribution >= 0.6 is 22.9 Å². The summed E-state index contributed by atoms with van der Waals surface area (Å²) in [5.74, 6) is 1.14. The van der Waals surface area contributed by atoms with Crippen LogP contribution in [0, 0.1) is 0 Å². The Morgan fingerprint density at radius 1 is 1.12 bits per heavy atom. The molecule has 5 rings (SSSR count). The number of hydrogen-bond donors (Lipinski definition) is 2. The van der Waals surface area contributed by atoms with Gasteiger partial charge in [-0.1, -0.05) is 11.6 Å². The van der Waals surface area contributed by atoms with E-state index in [0.717, 1.165) is 46.1 Å². The van der Waals surface area contributed by atoms with Gasteiger partial charge in [-0.2, -0.15) is 26.7 Å². The molecule has 1 saturated heterocycles. The maximum atomic E-state index is 12.9. The van der Waals surface area contributed by atoms with Crippen LogP contribution in [0.4, 0.5) is 13.2 Å².